The smallest absolute Gasteiger partial charge is 0.230 e. The van der Waals surface area contributed by atoms with Crippen molar-refractivity contribution in [2.75, 3.05) is 22.9 Å². The van der Waals surface area contributed by atoms with Crippen LogP contribution in [0, 0.1) is 11.8 Å². The molecule has 1 aromatic carbocycles. The first-order valence-corrected chi connectivity index (χ1v) is 7.76. The molecule has 1 aromatic rings. The highest BCUT2D eigenvalue weighted by Gasteiger charge is 2.34. The molecule has 4 nitrogen and oxygen atoms in total. The molecule has 0 bridgehead atoms. The van der Waals surface area contributed by atoms with Crippen molar-refractivity contribution in [3.8, 4) is 0 Å². The van der Waals surface area contributed by atoms with Crippen LogP contribution >= 0.6 is 0 Å². The summed E-state index contributed by atoms with van der Waals surface area (Å²) in [4.78, 5) is 28.4. The topological polar surface area (TPSA) is 40.6 Å². The number of nitrogens with zero attached hydrogens (tertiary/aromatic N) is 2. The maximum absolute atomic E-state index is 12.7. The molecule has 112 valence electrons. The molecule has 2 aliphatic rings. The second-order valence-electron chi connectivity index (χ2n) is 6.30. The Morgan fingerprint density at radius 1 is 1.05 bits per heavy atom. The van der Waals surface area contributed by atoms with Gasteiger partial charge in [-0.1, -0.05) is 25.5 Å². The van der Waals surface area contributed by atoms with E-state index in [4.69, 9.17) is 0 Å². The summed E-state index contributed by atoms with van der Waals surface area (Å²) in [5.74, 6) is 0.706. The van der Waals surface area contributed by atoms with Gasteiger partial charge in [0, 0.05) is 25.9 Å². The van der Waals surface area contributed by atoms with E-state index in [1.54, 1.807) is 11.8 Å². The first-order valence-electron chi connectivity index (χ1n) is 7.76. The third kappa shape index (κ3) is 2.55. The molecule has 1 heterocycles. The summed E-state index contributed by atoms with van der Waals surface area (Å²) < 4.78 is 0. The van der Waals surface area contributed by atoms with Crippen molar-refractivity contribution < 1.29 is 9.59 Å². The molecule has 1 saturated carbocycles. The molecular formula is C17H22N2O2. The van der Waals surface area contributed by atoms with Crippen molar-refractivity contribution in [3.63, 3.8) is 0 Å². The van der Waals surface area contributed by atoms with Gasteiger partial charge in [0.25, 0.3) is 0 Å². The van der Waals surface area contributed by atoms with Crippen LogP contribution in [0.1, 0.15) is 33.1 Å². The monoisotopic (exact) mass is 286 g/mol. The molecule has 0 saturated heterocycles. The largest absolute Gasteiger partial charge is 0.310 e. The zero-order valence-corrected chi connectivity index (χ0v) is 12.7. The van der Waals surface area contributed by atoms with E-state index in [2.05, 4.69) is 6.92 Å². The minimum atomic E-state index is 0.0345. The van der Waals surface area contributed by atoms with E-state index in [0.29, 0.717) is 13.1 Å². The molecule has 0 radical (unpaired) electrons. The van der Waals surface area contributed by atoms with Crippen LogP contribution in [0.25, 0.3) is 0 Å². The molecule has 1 aliphatic carbocycles. The standard InChI is InChI=1S/C17H22N2O2/c1-12-10-18(13(2)20)15-8-3-4-9-16(15)19(11-12)17(21)14-6-5-7-14/h3-4,8-9,12,14H,5-7,10-11H2,1-2H3. The van der Waals surface area contributed by atoms with Crippen molar-refractivity contribution in [2.24, 2.45) is 11.8 Å². The van der Waals surface area contributed by atoms with Crippen LogP contribution in [0.15, 0.2) is 24.3 Å². The van der Waals surface area contributed by atoms with E-state index in [9.17, 15) is 9.59 Å². The summed E-state index contributed by atoms with van der Waals surface area (Å²) in [5.41, 5.74) is 1.75. The number of carbonyl (C=O) groups is 2. The number of hydrogen-bond acceptors (Lipinski definition) is 2. The predicted octanol–water partition coefficient (Wildman–Crippen LogP) is 2.82. The molecule has 1 fully saturated rings. The van der Waals surface area contributed by atoms with Gasteiger partial charge in [0.05, 0.1) is 11.4 Å². The molecule has 1 unspecified atom stereocenters. The van der Waals surface area contributed by atoms with Crippen molar-refractivity contribution in [1.29, 1.82) is 0 Å². The Kier molecular flexibility index (Phi) is 3.70. The fourth-order valence-corrected chi connectivity index (χ4v) is 3.18. The molecule has 0 N–H and O–H groups in total. The van der Waals surface area contributed by atoms with Crippen molar-refractivity contribution >= 4 is 23.2 Å². The van der Waals surface area contributed by atoms with Crippen LogP contribution in [0.2, 0.25) is 0 Å². The van der Waals surface area contributed by atoms with Gasteiger partial charge in [0.15, 0.2) is 0 Å². The van der Waals surface area contributed by atoms with Gasteiger partial charge in [-0.15, -0.1) is 0 Å². The minimum Gasteiger partial charge on any atom is -0.310 e. The van der Waals surface area contributed by atoms with Crippen LogP contribution < -0.4 is 9.80 Å². The third-order valence-corrected chi connectivity index (χ3v) is 4.55. The summed E-state index contributed by atoms with van der Waals surface area (Å²) >= 11 is 0. The summed E-state index contributed by atoms with van der Waals surface area (Å²) in [5, 5.41) is 0. The van der Waals surface area contributed by atoms with Crippen LogP contribution in [-0.4, -0.2) is 24.9 Å². The summed E-state index contributed by atoms with van der Waals surface area (Å²) in [6, 6.07) is 7.76. The summed E-state index contributed by atoms with van der Waals surface area (Å²) in [6.07, 6.45) is 3.16. The number of anilines is 2. The fourth-order valence-electron chi connectivity index (χ4n) is 3.18. The SMILES string of the molecule is CC(=O)N1CC(C)CN(C(=O)C2CCC2)c2ccccc21. The number of fused-ring (bicyclic) bond motifs is 1. The Morgan fingerprint density at radius 2 is 1.62 bits per heavy atom. The Hall–Kier alpha value is -1.84. The lowest BCUT2D eigenvalue weighted by molar-refractivity contribution is -0.124. The Morgan fingerprint density at radius 3 is 2.14 bits per heavy atom. The minimum absolute atomic E-state index is 0.0345. The van der Waals surface area contributed by atoms with Crippen molar-refractivity contribution in [3.05, 3.63) is 24.3 Å². The third-order valence-electron chi connectivity index (χ3n) is 4.55. The van der Waals surface area contributed by atoms with E-state index >= 15 is 0 Å². The zero-order chi connectivity index (χ0) is 15.0. The van der Waals surface area contributed by atoms with Crippen molar-refractivity contribution in [2.45, 2.75) is 33.1 Å². The molecule has 21 heavy (non-hydrogen) atoms. The van der Waals surface area contributed by atoms with E-state index in [0.717, 1.165) is 30.6 Å². The van der Waals surface area contributed by atoms with E-state index in [-0.39, 0.29) is 23.7 Å². The van der Waals surface area contributed by atoms with Gasteiger partial charge in [-0.2, -0.15) is 0 Å². The lowest BCUT2D eigenvalue weighted by Crippen LogP contribution is -2.41. The predicted molar refractivity (Wildman–Crippen MR) is 83.3 cm³/mol. The summed E-state index contributed by atoms with van der Waals surface area (Å²) in [7, 11) is 0. The fraction of sp³-hybridized carbons (Fsp3) is 0.529. The number of amides is 2. The lowest BCUT2D eigenvalue weighted by Gasteiger charge is -2.32. The number of carbonyl (C=O) groups excluding carboxylic acids is 2. The van der Waals surface area contributed by atoms with Gasteiger partial charge in [0.2, 0.25) is 11.8 Å². The van der Waals surface area contributed by atoms with Gasteiger partial charge >= 0.3 is 0 Å². The van der Waals surface area contributed by atoms with Gasteiger partial charge in [0.1, 0.15) is 0 Å². The van der Waals surface area contributed by atoms with E-state index in [1.165, 1.54) is 0 Å². The van der Waals surface area contributed by atoms with Gasteiger partial charge in [-0.05, 0) is 30.9 Å². The van der Waals surface area contributed by atoms with Gasteiger partial charge in [-0.25, -0.2) is 0 Å². The van der Waals surface area contributed by atoms with E-state index in [1.807, 2.05) is 29.2 Å². The number of benzene rings is 1. The van der Waals surface area contributed by atoms with Gasteiger partial charge < -0.3 is 9.80 Å². The molecular weight excluding hydrogens is 264 g/mol. The molecule has 0 aromatic heterocycles. The molecule has 3 rings (SSSR count). The second kappa shape index (κ2) is 5.51. The Labute approximate surface area is 125 Å². The number of hydrogen-bond donors (Lipinski definition) is 0. The number of para-hydroxylation sites is 2. The highest BCUT2D eigenvalue weighted by Crippen LogP contribution is 2.37. The van der Waals surface area contributed by atoms with Crippen molar-refractivity contribution in [1.82, 2.24) is 0 Å². The lowest BCUT2D eigenvalue weighted by atomic mass is 9.84. The van der Waals surface area contributed by atoms with Crippen LogP contribution in [0.3, 0.4) is 0 Å². The molecule has 2 amide bonds. The second-order valence-corrected chi connectivity index (χ2v) is 6.30. The normalized spacial score (nSPS) is 22.3. The first kappa shape index (κ1) is 14.1. The molecule has 1 atom stereocenters. The Balaban J connectivity index is 2.01. The van der Waals surface area contributed by atoms with E-state index < -0.39 is 0 Å². The van der Waals surface area contributed by atoms with Crippen LogP contribution in [-0.2, 0) is 9.59 Å². The molecule has 4 heteroatoms. The average Bonchev–Trinajstić information content (AvgIpc) is 2.54. The highest BCUT2D eigenvalue weighted by atomic mass is 16.2. The van der Waals surface area contributed by atoms with Crippen LogP contribution in [0.5, 0.6) is 0 Å². The maximum Gasteiger partial charge on any atom is 0.230 e. The van der Waals surface area contributed by atoms with Crippen LogP contribution in [0.4, 0.5) is 11.4 Å². The Bertz CT molecular complexity index is 566. The molecule has 1 aliphatic heterocycles. The highest BCUT2D eigenvalue weighted by molar-refractivity contribution is 6.03. The summed E-state index contributed by atoms with van der Waals surface area (Å²) in [6.45, 7) is 5.05. The average molecular weight is 286 g/mol. The first-order chi connectivity index (χ1) is 10.1. The maximum atomic E-state index is 12.7. The quantitative estimate of drug-likeness (QED) is 0.796. The number of rotatable bonds is 1. The van der Waals surface area contributed by atoms with Gasteiger partial charge in [-0.3, -0.25) is 9.59 Å². The zero-order valence-electron chi connectivity index (χ0n) is 12.7. The molecule has 0 spiro atoms.